The van der Waals surface area contributed by atoms with Crippen LogP contribution < -0.4 is 4.90 Å². The van der Waals surface area contributed by atoms with Crippen molar-refractivity contribution in [3.8, 4) is 6.07 Å². The molecule has 1 aliphatic heterocycles. The predicted molar refractivity (Wildman–Crippen MR) is 77.0 cm³/mol. The van der Waals surface area contributed by atoms with E-state index in [9.17, 15) is 23.3 Å². The molecule has 1 saturated heterocycles. The van der Waals surface area contributed by atoms with E-state index in [1.165, 1.54) is 0 Å². The number of nitriles is 1. The number of nitrogens with zero attached hydrogens (tertiary/aromatic N) is 4. The molecule has 124 valence electrons. The molecule has 1 aromatic rings. The van der Waals surface area contributed by atoms with Crippen molar-refractivity contribution in [3.05, 3.63) is 33.9 Å². The fourth-order valence-corrected chi connectivity index (χ4v) is 2.56. The van der Waals surface area contributed by atoms with Gasteiger partial charge in [-0.1, -0.05) is 0 Å². The van der Waals surface area contributed by atoms with Gasteiger partial charge in [-0.05, 0) is 6.07 Å². The Morgan fingerprint density at radius 3 is 2.43 bits per heavy atom. The van der Waals surface area contributed by atoms with Crippen LogP contribution in [0.2, 0.25) is 0 Å². The highest BCUT2D eigenvalue weighted by atomic mass is 19.4. The lowest BCUT2D eigenvalue weighted by Crippen LogP contribution is -2.47. The molecule has 0 atom stereocenters. The molecule has 1 fully saturated rings. The van der Waals surface area contributed by atoms with Gasteiger partial charge < -0.3 is 4.90 Å². The summed E-state index contributed by atoms with van der Waals surface area (Å²) in [7, 11) is 0. The van der Waals surface area contributed by atoms with Crippen molar-refractivity contribution in [3.63, 3.8) is 0 Å². The monoisotopic (exact) mass is 328 g/mol. The molecule has 0 bridgehead atoms. The highest BCUT2D eigenvalue weighted by Crippen LogP contribution is 2.39. The van der Waals surface area contributed by atoms with Gasteiger partial charge in [-0.3, -0.25) is 15.0 Å². The fraction of sp³-hybridized carbons (Fsp3) is 0.500. The molecule has 0 radical (unpaired) electrons. The third-order valence-corrected chi connectivity index (χ3v) is 3.75. The zero-order valence-electron chi connectivity index (χ0n) is 12.2. The average Bonchev–Trinajstić information content (AvgIpc) is 2.52. The van der Waals surface area contributed by atoms with Gasteiger partial charge in [0.2, 0.25) is 0 Å². The summed E-state index contributed by atoms with van der Waals surface area (Å²) >= 11 is 0. The number of hydrogen-bond acceptors (Lipinski definition) is 5. The van der Waals surface area contributed by atoms with Crippen LogP contribution in [0, 0.1) is 21.4 Å². The van der Waals surface area contributed by atoms with Gasteiger partial charge in [0.05, 0.1) is 16.6 Å². The van der Waals surface area contributed by atoms with Crippen LogP contribution in [-0.4, -0.2) is 42.5 Å². The summed E-state index contributed by atoms with van der Waals surface area (Å²) in [6.07, 6.45) is -4.27. The standard InChI is InChI=1S/C14H15F3N4O2/c15-14(16,17)12-10-11(21(22)23)2-3-13(12)20-8-6-19(7-9-20)5-1-4-18/h2-3,10H,1,5-9H2. The maximum Gasteiger partial charge on any atom is 0.418 e. The second kappa shape index (κ2) is 6.83. The number of piperazine rings is 1. The van der Waals surface area contributed by atoms with Crippen molar-refractivity contribution < 1.29 is 18.1 Å². The minimum Gasteiger partial charge on any atom is -0.368 e. The predicted octanol–water partition coefficient (Wildman–Crippen LogP) is 2.65. The number of nitro groups is 1. The van der Waals surface area contributed by atoms with Crippen molar-refractivity contribution in [1.82, 2.24) is 4.90 Å². The molecule has 1 aliphatic rings. The summed E-state index contributed by atoms with van der Waals surface area (Å²) < 4.78 is 39.6. The number of halogens is 3. The quantitative estimate of drug-likeness (QED) is 0.627. The Bertz CT molecular complexity index is 619. The molecule has 1 heterocycles. The number of alkyl halides is 3. The molecule has 0 aliphatic carbocycles. The average molecular weight is 328 g/mol. The van der Waals surface area contributed by atoms with Gasteiger partial charge in [-0.25, -0.2) is 0 Å². The first-order valence-corrected chi connectivity index (χ1v) is 7.03. The summed E-state index contributed by atoms with van der Waals surface area (Å²) in [4.78, 5) is 13.5. The Balaban J connectivity index is 2.20. The summed E-state index contributed by atoms with van der Waals surface area (Å²) in [5.41, 5.74) is -1.60. The lowest BCUT2D eigenvalue weighted by Gasteiger charge is -2.36. The number of non-ortho nitro benzene ring substituents is 1. The largest absolute Gasteiger partial charge is 0.418 e. The van der Waals surface area contributed by atoms with E-state index >= 15 is 0 Å². The van der Waals surface area contributed by atoms with Gasteiger partial charge in [0.1, 0.15) is 0 Å². The molecule has 2 rings (SSSR count). The minimum absolute atomic E-state index is 0.0389. The van der Waals surface area contributed by atoms with Crippen molar-refractivity contribution in [2.75, 3.05) is 37.6 Å². The maximum absolute atomic E-state index is 13.2. The molecule has 6 nitrogen and oxygen atoms in total. The van der Waals surface area contributed by atoms with Gasteiger partial charge in [-0.2, -0.15) is 18.4 Å². The molecule has 0 N–H and O–H groups in total. The van der Waals surface area contributed by atoms with Crippen molar-refractivity contribution >= 4 is 11.4 Å². The third-order valence-electron chi connectivity index (χ3n) is 3.75. The number of nitro benzene ring substituents is 1. The van der Waals surface area contributed by atoms with Crippen molar-refractivity contribution in [1.29, 1.82) is 5.26 Å². The second-order valence-corrected chi connectivity index (χ2v) is 5.19. The lowest BCUT2D eigenvalue weighted by atomic mass is 10.1. The summed E-state index contributed by atoms with van der Waals surface area (Å²) in [6.45, 7) is 2.46. The zero-order chi connectivity index (χ0) is 17.0. The fourth-order valence-electron chi connectivity index (χ4n) is 2.56. The number of hydrogen-bond donors (Lipinski definition) is 0. The van der Waals surface area contributed by atoms with Crippen molar-refractivity contribution in [2.24, 2.45) is 0 Å². The molecule has 1 aromatic carbocycles. The van der Waals surface area contributed by atoms with Crippen molar-refractivity contribution in [2.45, 2.75) is 12.6 Å². The maximum atomic E-state index is 13.2. The number of anilines is 1. The van der Waals surface area contributed by atoms with Gasteiger partial charge in [-0.15, -0.1) is 0 Å². The first-order valence-electron chi connectivity index (χ1n) is 7.03. The molecular weight excluding hydrogens is 313 g/mol. The SMILES string of the molecule is N#CCCN1CCN(c2ccc([N+](=O)[O-])cc2C(F)(F)F)CC1. The van der Waals surface area contributed by atoms with Gasteiger partial charge in [0.25, 0.3) is 5.69 Å². The highest BCUT2D eigenvalue weighted by molar-refractivity contribution is 5.59. The van der Waals surface area contributed by atoms with Crippen LogP contribution in [0.15, 0.2) is 18.2 Å². The third kappa shape index (κ3) is 4.10. The normalized spacial score (nSPS) is 16.2. The minimum atomic E-state index is -4.65. The van der Waals surface area contributed by atoms with Crippen LogP contribution in [0.4, 0.5) is 24.5 Å². The highest BCUT2D eigenvalue weighted by Gasteiger charge is 2.37. The van der Waals surface area contributed by atoms with E-state index in [0.29, 0.717) is 45.2 Å². The van der Waals surface area contributed by atoms with E-state index in [-0.39, 0.29) is 5.69 Å². The Hall–Kier alpha value is -2.34. The van der Waals surface area contributed by atoms with Gasteiger partial charge >= 0.3 is 6.18 Å². The van der Waals surface area contributed by atoms with E-state index in [1.54, 1.807) is 4.90 Å². The topological polar surface area (TPSA) is 73.4 Å². The number of rotatable bonds is 4. The molecule has 0 aromatic heterocycles. The van der Waals surface area contributed by atoms with E-state index in [1.807, 2.05) is 11.0 Å². The van der Waals surface area contributed by atoms with Crippen LogP contribution in [0.1, 0.15) is 12.0 Å². The molecule has 0 spiro atoms. The summed E-state index contributed by atoms with van der Waals surface area (Å²) in [6, 6.07) is 4.87. The summed E-state index contributed by atoms with van der Waals surface area (Å²) in [5.74, 6) is 0. The number of benzene rings is 1. The van der Waals surface area contributed by atoms with Crippen LogP contribution in [0.5, 0.6) is 0 Å². The first kappa shape index (κ1) is 17.0. The second-order valence-electron chi connectivity index (χ2n) is 5.19. The van der Waals surface area contributed by atoms with Crippen LogP contribution in [0.3, 0.4) is 0 Å². The Morgan fingerprint density at radius 1 is 1.26 bits per heavy atom. The smallest absolute Gasteiger partial charge is 0.368 e. The van der Waals surface area contributed by atoms with E-state index < -0.39 is 22.4 Å². The molecular formula is C14H15F3N4O2. The molecule has 23 heavy (non-hydrogen) atoms. The van der Waals surface area contributed by atoms with E-state index in [2.05, 4.69) is 0 Å². The van der Waals surface area contributed by atoms with Gasteiger partial charge in [0, 0.05) is 57.0 Å². The Labute approximate surface area is 130 Å². The van der Waals surface area contributed by atoms with Crippen LogP contribution >= 0.6 is 0 Å². The Kier molecular flexibility index (Phi) is 5.05. The molecule has 0 saturated carbocycles. The molecule has 0 amide bonds. The summed E-state index contributed by atoms with van der Waals surface area (Å²) in [5, 5.41) is 19.3. The van der Waals surface area contributed by atoms with Gasteiger partial charge in [0.15, 0.2) is 0 Å². The molecule has 0 unspecified atom stereocenters. The zero-order valence-corrected chi connectivity index (χ0v) is 12.2. The van der Waals surface area contributed by atoms with Crippen LogP contribution in [-0.2, 0) is 6.18 Å². The van der Waals surface area contributed by atoms with E-state index in [0.717, 1.165) is 12.1 Å². The van der Waals surface area contributed by atoms with Crippen LogP contribution in [0.25, 0.3) is 0 Å². The lowest BCUT2D eigenvalue weighted by molar-refractivity contribution is -0.385. The first-order chi connectivity index (χ1) is 10.8. The molecule has 9 heteroatoms. The van der Waals surface area contributed by atoms with E-state index in [4.69, 9.17) is 5.26 Å². The Morgan fingerprint density at radius 2 is 1.91 bits per heavy atom.